The van der Waals surface area contributed by atoms with Crippen LogP contribution in [0.2, 0.25) is 0 Å². The van der Waals surface area contributed by atoms with Crippen LogP contribution in [0.25, 0.3) is 0 Å². The second-order valence-corrected chi connectivity index (χ2v) is 10.4. The first kappa shape index (κ1) is 24.1. The fourth-order valence-corrected chi connectivity index (χ4v) is 5.27. The van der Waals surface area contributed by atoms with Gasteiger partial charge in [-0.2, -0.15) is 0 Å². The molecule has 0 N–H and O–H groups in total. The molecule has 2 aromatic carbocycles. The molecule has 1 aliphatic rings. The summed E-state index contributed by atoms with van der Waals surface area (Å²) in [6, 6.07) is 13.7. The maximum atomic E-state index is 4.89. The van der Waals surface area contributed by atoms with E-state index in [-0.39, 0.29) is 6.29 Å². The molecule has 0 unspecified atom stereocenters. The fourth-order valence-electron chi connectivity index (χ4n) is 4.88. The standard InChI is InChI=1S/C27H39N3.V/c1-17(2)21-11-9-12-22(18(3)4)25(21)29-15-16-30(27(29)28)26-23(19(5)6)13-10-14-24(26)20(7)8;/h9-14,17-20,27H,15-16H2,1-8H3;. The average molecular weight is 457 g/mol. The van der Waals surface area contributed by atoms with Crippen LogP contribution in [0.1, 0.15) is 101 Å². The third-order valence-electron chi connectivity index (χ3n) is 6.50. The Bertz CT molecular complexity index is 793. The molecule has 0 aromatic heterocycles. The molecule has 2 aromatic rings. The van der Waals surface area contributed by atoms with E-state index in [1.807, 2.05) is 0 Å². The molecule has 0 bridgehead atoms. The van der Waals surface area contributed by atoms with E-state index >= 15 is 0 Å². The van der Waals surface area contributed by atoms with Crippen molar-refractivity contribution in [1.29, 1.82) is 0 Å². The van der Waals surface area contributed by atoms with Crippen molar-refractivity contribution in [2.45, 2.75) is 85.4 Å². The van der Waals surface area contributed by atoms with Crippen molar-refractivity contribution >= 4 is 11.4 Å². The minimum atomic E-state index is -0.00481. The van der Waals surface area contributed by atoms with Gasteiger partial charge >= 0.3 is 199 Å². The zero-order chi connectivity index (χ0) is 22.9. The third-order valence-corrected chi connectivity index (χ3v) is 6.82. The summed E-state index contributed by atoms with van der Waals surface area (Å²) in [5.41, 5.74) is 8.49. The third kappa shape index (κ3) is 4.64. The van der Waals surface area contributed by atoms with E-state index in [9.17, 15) is 0 Å². The van der Waals surface area contributed by atoms with E-state index in [2.05, 4.69) is 119 Å². The Kier molecular flexibility index (Phi) is 7.70. The van der Waals surface area contributed by atoms with Crippen LogP contribution in [0, 0.1) is 0 Å². The van der Waals surface area contributed by atoms with Crippen molar-refractivity contribution < 1.29 is 17.2 Å². The summed E-state index contributed by atoms with van der Waals surface area (Å²) >= 11 is 2.50. The summed E-state index contributed by atoms with van der Waals surface area (Å²) in [5, 5.41) is 0. The van der Waals surface area contributed by atoms with Gasteiger partial charge in [-0.25, -0.2) is 0 Å². The van der Waals surface area contributed by atoms with E-state index in [0.717, 1.165) is 13.1 Å². The van der Waals surface area contributed by atoms with E-state index < -0.39 is 0 Å². The van der Waals surface area contributed by atoms with Gasteiger partial charge in [0.15, 0.2) is 0 Å². The molecular weight excluding hydrogens is 417 g/mol. The van der Waals surface area contributed by atoms with Gasteiger partial charge in [0.1, 0.15) is 0 Å². The topological polar surface area (TPSA) is 18.8 Å². The molecule has 1 aliphatic heterocycles. The first-order valence-electron chi connectivity index (χ1n) is 11.8. The fraction of sp³-hybridized carbons (Fsp3) is 0.556. The molecule has 167 valence electrons. The molecule has 0 atom stereocenters. The van der Waals surface area contributed by atoms with Crippen molar-refractivity contribution in [3.63, 3.8) is 0 Å². The van der Waals surface area contributed by atoms with Crippen molar-refractivity contribution in [3.05, 3.63) is 58.7 Å². The van der Waals surface area contributed by atoms with Crippen LogP contribution in [0.3, 0.4) is 0 Å². The monoisotopic (exact) mass is 456 g/mol. The summed E-state index contributed by atoms with van der Waals surface area (Å²) in [4.78, 5) is 5.09. The predicted molar refractivity (Wildman–Crippen MR) is 130 cm³/mol. The molecule has 0 amide bonds. The normalized spacial score (nSPS) is 15.2. The van der Waals surface area contributed by atoms with Gasteiger partial charge in [0.2, 0.25) is 0 Å². The van der Waals surface area contributed by atoms with Crippen LogP contribution < -0.4 is 9.80 Å². The SMILES string of the molecule is CC(C)c1cccc(C(C)C)c1N1CCN(c2c(C(C)C)cccc2C(C)C)C1[N]=[V]. The van der Waals surface area contributed by atoms with E-state index in [4.69, 9.17) is 3.79 Å². The average Bonchev–Trinajstić information content (AvgIpc) is 3.15. The van der Waals surface area contributed by atoms with Gasteiger partial charge in [-0.1, -0.05) is 0 Å². The number of hydrogen-bond donors (Lipinski definition) is 0. The summed E-state index contributed by atoms with van der Waals surface area (Å²) in [7, 11) is 0. The van der Waals surface area contributed by atoms with Crippen LogP contribution in [-0.2, 0) is 17.2 Å². The van der Waals surface area contributed by atoms with Crippen LogP contribution in [0.4, 0.5) is 11.4 Å². The summed E-state index contributed by atoms with van der Waals surface area (Å²) in [6.45, 7) is 20.4. The van der Waals surface area contributed by atoms with E-state index in [0.29, 0.717) is 23.7 Å². The minimum absolute atomic E-state index is 0.00481. The number of anilines is 2. The molecule has 0 saturated carbocycles. The molecule has 31 heavy (non-hydrogen) atoms. The zero-order valence-electron chi connectivity index (χ0n) is 20.6. The van der Waals surface area contributed by atoms with E-state index in [1.165, 1.54) is 33.6 Å². The first-order valence-corrected chi connectivity index (χ1v) is 12.4. The van der Waals surface area contributed by atoms with Crippen molar-refractivity contribution in [3.8, 4) is 0 Å². The van der Waals surface area contributed by atoms with Gasteiger partial charge in [0.05, 0.1) is 0 Å². The van der Waals surface area contributed by atoms with Crippen LogP contribution in [0.15, 0.2) is 40.2 Å². The molecule has 1 saturated heterocycles. The Morgan fingerprint density at radius 2 is 0.935 bits per heavy atom. The molecule has 4 heteroatoms. The quantitative estimate of drug-likeness (QED) is 0.429. The van der Waals surface area contributed by atoms with Crippen molar-refractivity contribution in [2.24, 2.45) is 3.79 Å². The van der Waals surface area contributed by atoms with Gasteiger partial charge in [-0.05, 0) is 0 Å². The molecular formula is C27H39N3V. The molecule has 0 spiro atoms. The van der Waals surface area contributed by atoms with Crippen LogP contribution in [-0.4, -0.2) is 19.4 Å². The summed E-state index contributed by atoms with van der Waals surface area (Å²) in [6.07, 6.45) is -0.00481. The van der Waals surface area contributed by atoms with Gasteiger partial charge in [0, 0.05) is 0 Å². The number of hydrogen-bond acceptors (Lipinski definition) is 3. The number of para-hydroxylation sites is 2. The van der Waals surface area contributed by atoms with Crippen LogP contribution >= 0.6 is 0 Å². The predicted octanol–water partition coefficient (Wildman–Crippen LogP) is 7.52. The summed E-state index contributed by atoms with van der Waals surface area (Å²) in [5.74, 6) is 1.90. The summed E-state index contributed by atoms with van der Waals surface area (Å²) < 4.78 is 4.89. The zero-order valence-corrected chi connectivity index (χ0v) is 22.0. The maximum absolute atomic E-state index is 4.89. The molecule has 1 fully saturated rings. The molecule has 3 rings (SSSR count). The van der Waals surface area contributed by atoms with Crippen LogP contribution in [0.5, 0.6) is 0 Å². The van der Waals surface area contributed by atoms with Crippen molar-refractivity contribution in [1.82, 2.24) is 0 Å². The van der Waals surface area contributed by atoms with Gasteiger partial charge < -0.3 is 0 Å². The number of benzene rings is 2. The van der Waals surface area contributed by atoms with Crippen molar-refractivity contribution in [2.75, 3.05) is 22.9 Å². The van der Waals surface area contributed by atoms with Gasteiger partial charge in [-0.3, -0.25) is 0 Å². The molecule has 0 radical (unpaired) electrons. The Labute approximate surface area is 199 Å². The number of rotatable bonds is 7. The number of nitrogens with zero attached hydrogens (tertiary/aromatic N) is 3. The van der Waals surface area contributed by atoms with Gasteiger partial charge in [-0.15, -0.1) is 0 Å². The Morgan fingerprint density at radius 3 is 1.16 bits per heavy atom. The second-order valence-electron chi connectivity index (χ2n) is 10.0. The Balaban J connectivity index is 2.17. The molecule has 1 heterocycles. The Morgan fingerprint density at radius 1 is 0.645 bits per heavy atom. The Hall–Kier alpha value is -1.58. The van der Waals surface area contributed by atoms with E-state index in [1.54, 1.807) is 0 Å². The second kappa shape index (κ2) is 9.92. The molecule has 0 aliphatic carbocycles. The molecule has 3 nitrogen and oxygen atoms in total. The van der Waals surface area contributed by atoms with Gasteiger partial charge in [0.25, 0.3) is 0 Å². The first-order chi connectivity index (χ1) is 14.7.